The van der Waals surface area contributed by atoms with Crippen molar-refractivity contribution in [1.82, 2.24) is 0 Å². The van der Waals surface area contributed by atoms with Gasteiger partial charge in [-0.25, -0.2) is 0 Å². The fraction of sp³-hybridized carbons (Fsp3) is 0.137. The van der Waals surface area contributed by atoms with Crippen LogP contribution in [0.15, 0.2) is 163 Å². The van der Waals surface area contributed by atoms with Crippen LogP contribution >= 0.6 is 11.3 Å². The summed E-state index contributed by atoms with van der Waals surface area (Å²) in [5.74, 6) is 0.359. The zero-order chi connectivity index (χ0) is 34.6. The summed E-state index contributed by atoms with van der Waals surface area (Å²) in [4.78, 5) is 0. The Balaban J connectivity index is 1.04. The fourth-order valence-electron chi connectivity index (χ4n) is 9.92. The van der Waals surface area contributed by atoms with Crippen LogP contribution in [-0.4, -0.2) is 0 Å². The molecule has 0 spiro atoms. The quantitative estimate of drug-likeness (QED) is 0.163. The van der Waals surface area contributed by atoms with E-state index in [-0.39, 0.29) is 5.41 Å². The molecule has 0 radical (unpaired) electrons. The van der Waals surface area contributed by atoms with Crippen molar-refractivity contribution in [3.05, 3.63) is 180 Å². The molecular weight excluding hydrogens is 645 g/mol. The van der Waals surface area contributed by atoms with Crippen molar-refractivity contribution in [3.8, 4) is 11.1 Å². The summed E-state index contributed by atoms with van der Waals surface area (Å²) >= 11 is 1.92. The van der Waals surface area contributed by atoms with E-state index in [1.54, 1.807) is 0 Å². The van der Waals surface area contributed by atoms with E-state index in [0.29, 0.717) is 5.92 Å². The number of thiophene rings is 1. The van der Waals surface area contributed by atoms with Gasteiger partial charge < -0.3 is 0 Å². The number of benzene rings is 7. The molecular formula is C51H38S. The van der Waals surface area contributed by atoms with Gasteiger partial charge in [0.25, 0.3) is 0 Å². The highest BCUT2D eigenvalue weighted by Gasteiger charge is 2.41. The molecule has 8 aromatic rings. The van der Waals surface area contributed by atoms with Crippen molar-refractivity contribution in [2.75, 3.05) is 0 Å². The zero-order valence-corrected chi connectivity index (χ0v) is 30.4. The van der Waals surface area contributed by atoms with Crippen molar-refractivity contribution in [2.24, 2.45) is 5.92 Å². The van der Waals surface area contributed by atoms with E-state index < -0.39 is 0 Å². The average Bonchev–Trinajstić information content (AvgIpc) is 3.67. The minimum Gasteiger partial charge on any atom is -0.135 e. The first-order valence-corrected chi connectivity index (χ1v) is 19.6. The molecule has 0 N–H and O–H groups in total. The van der Waals surface area contributed by atoms with Gasteiger partial charge in [0.1, 0.15) is 0 Å². The number of rotatable bonds is 3. The second-order valence-electron chi connectivity index (χ2n) is 15.4. The van der Waals surface area contributed by atoms with Gasteiger partial charge in [0.15, 0.2) is 0 Å². The topological polar surface area (TPSA) is 0 Å². The molecule has 1 heterocycles. The summed E-state index contributed by atoms with van der Waals surface area (Å²) in [6.45, 7) is 4.89. The molecule has 1 aromatic heterocycles. The maximum Gasteiger partial charge on any atom is 0.0361 e. The predicted octanol–water partition coefficient (Wildman–Crippen LogP) is 14.6. The third-order valence-electron chi connectivity index (χ3n) is 12.2. The summed E-state index contributed by atoms with van der Waals surface area (Å²) in [7, 11) is 0. The summed E-state index contributed by atoms with van der Waals surface area (Å²) < 4.78 is 2.75. The Hall–Kier alpha value is -5.50. The molecule has 0 bridgehead atoms. The molecule has 0 nitrogen and oxygen atoms in total. The normalized spacial score (nSPS) is 18.0. The van der Waals surface area contributed by atoms with Crippen molar-refractivity contribution < 1.29 is 0 Å². The van der Waals surface area contributed by atoms with Crippen LogP contribution in [-0.2, 0) is 5.41 Å². The van der Waals surface area contributed by atoms with Gasteiger partial charge in [-0.2, -0.15) is 0 Å². The largest absolute Gasteiger partial charge is 0.135 e. The second-order valence-corrected chi connectivity index (χ2v) is 16.5. The van der Waals surface area contributed by atoms with Crippen LogP contribution in [0.3, 0.4) is 0 Å². The first-order chi connectivity index (χ1) is 25.5. The number of hydrogen-bond donors (Lipinski definition) is 0. The van der Waals surface area contributed by atoms with E-state index >= 15 is 0 Å². The first kappa shape index (κ1) is 30.2. The lowest BCUT2D eigenvalue weighted by molar-refractivity contribution is 0.650. The number of hydrogen-bond acceptors (Lipinski definition) is 1. The highest BCUT2D eigenvalue weighted by molar-refractivity contribution is 7.25. The van der Waals surface area contributed by atoms with E-state index in [1.165, 1.54) is 103 Å². The standard InChI is InChI=1S/C51H38S/c1-51(2)45-26-24-33(28-43(45)41-25-23-34-29-44-36-17-10-11-22-46(36)52-47(44)30-42(34)50(41)51)32-15-12-16-35(27-32)49-39-20-8-6-18-37(39)48(31-13-4-3-5-14-31)38-19-7-9-21-40(38)49/h3-11,13-15,17-23,25-30,33H,12,16,24H2,1-2H3. The smallest absolute Gasteiger partial charge is 0.0361 e. The fourth-order valence-corrected chi connectivity index (χ4v) is 11.0. The summed E-state index contributed by atoms with van der Waals surface area (Å²) in [5, 5.41) is 10.9. The van der Waals surface area contributed by atoms with Gasteiger partial charge >= 0.3 is 0 Å². The lowest BCUT2D eigenvalue weighted by Gasteiger charge is -2.28. The third-order valence-corrected chi connectivity index (χ3v) is 13.4. The highest BCUT2D eigenvalue weighted by atomic mass is 32.1. The predicted molar refractivity (Wildman–Crippen MR) is 226 cm³/mol. The molecule has 7 aromatic carbocycles. The highest BCUT2D eigenvalue weighted by Crippen LogP contribution is 2.56. The lowest BCUT2D eigenvalue weighted by atomic mass is 9.76. The molecule has 1 atom stereocenters. The molecule has 0 amide bonds. The van der Waals surface area contributed by atoms with Gasteiger partial charge in [-0.05, 0) is 120 Å². The van der Waals surface area contributed by atoms with Crippen molar-refractivity contribution >= 4 is 75.0 Å². The zero-order valence-electron chi connectivity index (χ0n) is 29.5. The van der Waals surface area contributed by atoms with Gasteiger partial charge in [-0.1, -0.05) is 147 Å². The van der Waals surface area contributed by atoms with Crippen LogP contribution in [0.1, 0.15) is 49.8 Å². The molecule has 3 aliphatic carbocycles. The third kappa shape index (κ3) is 4.33. The monoisotopic (exact) mass is 682 g/mol. The Bertz CT molecular complexity index is 2880. The van der Waals surface area contributed by atoms with Gasteiger partial charge in [0.2, 0.25) is 0 Å². The number of fused-ring (bicyclic) bond motifs is 10. The molecule has 3 aliphatic rings. The van der Waals surface area contributed by atoms with Gasteiger partial charge in [-0.3, -0.25) is 0 Å². The number of allylic oxidation sites excluding steroid dienone is 8. The second kappa shape index (κ2) is 11.2. The first-order valence-electron chi connectivity index (χ1n) is 18.8. The van der Waals surface area contributed by atoms with E-state index in [1.807, 2.05) is 11.3 Å². The maximum atomic E-state index is 2.62. The van der Waals surface area contributed by atoms with Crippen LogP contribution in [0, 0.1) is 5.92 Å². The molecule has 0 fully saturated rings. The maximum absolute atomic E-state index is 2.62. The Morgan fingerprint density at radius 2 is 1.27 bits per heavy atom. The molecule has 52 heavy (non-hydrogen) atoms. The van der Waals surface area contributed by atoms with E-state index in [9.17, 15) is 0 Å². The molecule has 1 heteroatoms. The Morgan fingerprint density at radius 3 is 2.02 bits per heavy atom. The molecule has 0 saturated carbocycles. The van der Waals surface area contributed by atoms with Crippen molar-refractivity contribution in [3.63, 3.8) is 0 Å². The van der Waals surface area contributed by atoms with Crippen LogP contribution in [0.4, 0.5) is 0 Å². The average molecular weight is 683 g/mol. The van der Waals surface area contributed by atoms with Gasteiger partial charge in [-0.15, -0.1) is 11.3 Å². The summed E-state index contributed by atoms with van der Waals surface area (Å²) in [5.41, 5.74) is 12.7. The minimum absolute atomic E-state index is 0.0454. The SMILES string of the molecule is CC1(C)C2=CCC(C3=CCCC(c4c5ccccc5c(-c5ccccc5)c5ccccc45)=C3)C=C2c2ccc3cc4c(cc3c21)sc1ccccc14. The van der Waals surface area contributed by atoms with Crippen molar-refractivity contribution in [2.45, 2.75) is 38.5 Å². The Morgan fingerprint density at radius 1 is 0.596 bits per heavy atom. The Labute approximate surface area is 308 Å². The van der Waals surface area contributed by atoms with Gasteiger partial charge in [0, 0.05) is 31.5 Å². The molecule has 248 valence electrons. The van der Waals surface area contributed by atoms with Crippen LogP contribution < -0.4 is 0 Å². The van der Waals surface area contributed by atoms with E-state index in [4.69, 9.17) is 0 Å². The van der Waals surface area contributed by atoms with Crippen LogP contribution in [0.2, 0.25) is 0 Å². The molecule has 0 saturated heterocycles. The van der Waals surface area contributed by atoms with Crippen LogP contribution in [0.25, 0.3) is 74.8 Å². The van der Waals surface area contributed by atoms with E-state index in [2.05, 4.69) is 166 Å². The molecule has 1 unspecified atom stereocenters. The van der Waals surface area contributed by atoms with Crippen LogP contribution in [0.5, 0.6) is 0 Å². The molecule has 11 rings (SSSR count). The minimum atomic E-state index is -0.0454. The summed E-state index contributed by atoms with van der Waals surface area (Å²) in [6, 6.07) is 47.6. The lowest BCUT2D eigenvalue weighted by Crippen LogP contribution is -2.17. The summed E-state index contributed by atoms with van der Waals surface area (Å²) in [6.07, 6.45) is 13.4. The van der Waals surface area contributed by atoms with Crippen molar-refractivity contribution in [1.29, 1.82) is 0 Å². The van der Waals surface area contributed by atoms with E-state index in [0.717, 1.165) is 19.3 Å². The van der Waals surface area contributed by atoms with Gasteiger partial charge in [0.05, 0.1) is 0 Å². The molecule has 0 aliphatic heterocycles. The Kier molecular flexibility index (Phi) is 6.52.